The highest BCUT2D eigenvalue weighted by molar-refractivity contribution is 8.26. The van der Waals surface area contributed by atoms with Gasteiger partial charge < -0.3 is 9.84 Å². The molecule has 0 bridgehead atoms. The summed E-state index contributed by atoms with van der Waals surface area (Å²) in [5.74, 6) is -1.25. The number of methoxy groups -OCH3 is 1. The molecule has 0 spiro atoms. The summed E-state index contributed by atoms with van der Waals surface area (Å²) in [5.41, 5.74) is -0.00321. The zero-order valence-corrected chi connectivity index (χ0v) is 14.8. The van der Waals surface area contributed by atoms with Crippen LogP contribution in [0.15, 0.2) is 23.1 Å². The maximum atomic E-state index is 12.4. The second-order valence-electron chi connectivity index (χ2n) is 4.99. The zero-order valence-electron chi connectivity index (χ0n) is 13.1. The molecule has 0 unspecified atom stereocenters. The number of carbonyl (C=O) groups is 2. The highest BCUT2D eigenvalue weighted by Gasteiger charge is 2.32. The summed E-state index contributed by atoms with van der Waals surface area (Å²) in [6.45, 7) is 0.189. The average molecular weight is 382 g/mol. The maximum Gasteiger partial charge on any atom is 0.318 e. The Balaban J connectivity index is 2.28. The Morgan fingerprint density at radius 2 is 2.24 bits per heavy atom. The van der Waals surface area contributed by atoms with E-state index in [4.69, 9.17) is 22.1 Å². The summed E-state index contributed by atoms with van der Waals surface area (Å²) in [7, 11) is 1.33. The highest BCUT2D eigenvalue weighted by atomic mass is 32.2. The topological polar surface area (TPSA) is 110 Å². The van der Waals surface area contributed by atoms with Crippen LogP contribution in [0.25, 0.3) is 6.08 Å². The molecule has 0 radical (unpaired) electrons. The lowest BCUT2D eigenvalue weighted by atomic mass is 10.1. The monoisotopic (exact) mass is 382 g/mol. The Hall–Kier alpha value is -2.46. The minimum Gasteiger partial charge on any atom is -0.490 e. The first-order valence-electron chi connectivity index (χ1n) is 7.13. The smallest absolute Gasteiger partial charge is 0.318 e. The van der Waals surface area contributed by atoms with Gasteiger partial charge in [0.25, 0.3) is 5.91 Å². The van der Waals surface area contributed by atoms with Crippen LogP contribution < -0.4 is 4.74 Å². The summed E-state index contributed by atoms with van der Waals surface area (Å²) in [5, 5.41) is 20.0. The standard InChI is InChI=1S/C15H14N2O6S2/c1-23-10-5-2-4-9(13(10)17(21)22)8-11-14(20)16(15(24)25-11)7-3-6-12(18)19/h2,4-5,8H,3,6-7H2,1H3,(H,18,19)/b11-8-. The number of rotatable bonds is 7. The molecule has 10 heteroatoms. The molecule has 0 aromatic heterocycles. The van der Waals surface area contributed by atoms with E-state index in [0.717, 1.165) is 11.8 Å². The Labute approximate surface area is 152 Å². The summed E-state index contributed by atoms with van der Waals surface area (Å²) >= 11 is 6.17. The van der Waals surface area contributed by atoms with Gasteiger partial charge in [-0.3, -0.25) is 24.6 Å². The number of nitrogens with zero attached hydrogens (tertiary/aromatic N) is 2. The number of aliphatic carboxylic acids is 1. The van der Waals surface area contributed by atoms with Crippen molar-refractivity contribution < 1.29 is 24.4 Å². The van der Waals surface area contributed by atoms with Crippen LogP contribution in [0.5, 0.6) is 5.75 Å². The van der Waals surface area contributed by atoms with Gasteiger partial charge in [0.15, 0.2) is 5.75 Å². The molecule has 0 saturated carbocycles. The van der Waals surface area contributed by atoms with Crippen molar-refractivity contribution in [3.8, 4) is 5.75 Å². The maximum absolute atomic E-state index is 12.4. The van der Waals surface area contributed by atoms with Crippen LogP contribution in [0.4, 0.5) is 5.69 Å². The van der Waals surface area contributed by atoms with E-state index in [1.807, 2.05) is 0 Å². The van der Waals surface area contributed by atoms with E-state index in [9.17, 15) is 19.7 Å². The number of carbonyl (C=O) groups excluding carboxylic acids is 1. The number of ether oxygens (including phenoxy) is 1. The van der Waals surface area contributed by atoms with E-state index in [0.29, 0.717) is 4.32 Å². The predicted octanol–water partition coefficient (Wildman–Crippen LogP) is 2.67. The van der Waals surface area contributed by atoms with Gasteiger partial charge in [-0.25, -0.2) is 0 Å². The zero-order chi connectivity index (χ0) is 18.6. The SMILES string of the molecule is COc1cccc(/C=C2\SC(=S)N(CCCC(=O)O)C2=O)c1[N+](=O)[O-]. The van der Waals surface area contributed by atoms with Crippen LogP contribution in [0.1, 0.15) is 18.4 Å². The molecule has 1 fully saturated rings. The number of hydrogen-bond donors (Lipinski definition) is 1. The molecule has 0 aliphatic carbocycles. The van der Waals surface area contributed by atoms with Crippen molar-refractivity contribution in [2.75, 3.05) is 13.7 Å². The fraction of sp³-hybridized carbons (Fsp3) is 0.267. The van der Waals surface area contributed by atoms with Crippen LogP contribution in [0.3, 0.4) is 0 Å². The summed E-state index contributed by atoms with van der Waals surface area (Å²) in [6, 6.07) is 4.56. The molecule has 1 aliphatic heterocycles. The largest absolute Gasteiger partial charge is 0.490 e. The molecule has 1 N–H and O–H groups in total. The molecule has 8 nitrogen and oxygen atoms in total. The van der Waals surface area contributed by atoms with Crippen LogP contribution in [-0.4, -0.2) is 44.8 Å². The number of thiocarbonyl (C=S) groups is 1. The van der Waals surface area contributed by atoms with E-state index in [1.165, 1.54) is 30.2 Å². The second-order valence-corrected chi connectivity index (χ2v) is 6.66. The fourth-order valence-corrected chi connectivity index (χ4v) is 3.54. The molecule has 1 aromatic rings. The van der Waals surface area contributed by atoms with Crippen molar-refractivity contribution in [3.63, 3.8) is 0 Å². The van der Waals surface area contributed by atoms with E-state index >= 15 is 0 Å². The highest BCUT2D eigenvalue weighted by Crippen LogP contribution is 2.37. The third kappa shape index (κ3) is 4.34. The van der Waals surface area contributed by atoms with Crippen LogP contribution in [0.2, 0.25) is 0 Å². The molecular weight excluding hydrogens is 368 g/mol. The Morgan fingerprint density at radius 3 is 2.84 bits per heavy atom. The lowest BCUT2D eigenvalue weighted by Gasteiger charge is -2.13. The third-order valence-electron chi connectivity index (χ3n) is 3.37. The number of carboxylic acids is 1. The lowest BCUT2D eigenvalue weighted by molar-refractivity contribution is -0.386. The molecule has 25 heavy (non-hydrogen) atoms. The Kier molecular flexibility index (Phi) is 6.10. The Bertz CT molecular complexity index is 777. The average Bonchev–Trinajstić information content (AvgIpc) is 2.81. The van der Waals surface area contributed by atoms with Gasteiger partial charge in [0.1, 0.15) is 4.32 Å². The lowest BCUT2D eigenvalue weighted by Crippen LogP contribution is -2.29. The summed E-state index contributed by atoms with van der Waals surface area (Å²) < 4.78 is 5.30. The number of thioether (sulfide) groups is 1. The molecule has 1 heterocycles. The number of nitro groups is 1. The number of amides is 1. The normalized spacial score (nSPS) is 15.7. The van der Waals surface area contributed by atoms with Crippen molar-refractivity contribution in [1.82, 2.24) is 4.90 Å². The van der Waals surface area contributed by atoms with Crippen molar-refractivity contribution in [2.45, 2.75) is 12.8 Å². The van der Waals surface area contributed by atoms with Gasteiger partial charge in [-0.1, -0.05) is 30.0 Å². The number of nitro benzene ring substituents is 1. The minimum atomic E-state index is -0.951. The van der Waals surface area contributed by atoms with E-state index in [2.05, 4.69) is 0 Å². The third-order valence-corrected chi connectivity index (χ3v) is 4.74. The van der Waals surface area contributed by atoms with Crippen LogP contribution in [-0.2, 0) is 9.59 Å². The number of benzene rings is 1. The first-order chi connectivity index (χ1) is 11.8. The molecule has 2 rings (SSSR count). The van der Waals surface area contributed by atoms with Gasteiger partial charge in [-0.15, -0.1) is 0 Å². The molecule has 1 saturated heterocycles. The van der Waals surface area contributed by atoms with Gasteiger partial charge in [0, 0.05) is 13.0 Å². The number of carboxylic acid groups (broad SMARTS) is 1. The van der Waals surface area contributed by atoms with E-state index < -0.39 is 16.8 Å². The second kappa shape index (κ2) is 8.08. The molecule has 132 valence electrons. The van der Waals surface area contributed by atoms with Gasteiger partial charge in [0.2, 0.25) is 0 Å². The van der Waals surface area contributed by atoms with E-state index in [-0.39, 0.29) is 41.3 Å². The molecule has 1 amide bonds. The summed E-state index contributed by atoms with van der Waals surface area (Å²) in [4.78, 5) is 35.3. The number of para-hydroxylation sites is 1. The van der Waals surface area contributed by atoms with Crippen LogP contribution >= 0.6 is 24.0 Å². The van der Waals surface area contributed by atoms with Crippen molar-refractivity contribution in [2.24, 2.45) is 0 Å². The molecular formula is C15H14N2O6S2. The van der Waals surface area contributed by atoms with E-state index in [1.54, 1.807) is 6.07 Å². The van der Waals surface area contributed by atoms with Gasteiger partial charge >= 0.3 is 11.7 Å². The fourth-order valence-electron chi connectivity index (χ4n) is 2.24. The summed E-state index contributed by atoms with van der Waals surface area (Å²) in [6.07, 6.45) is 1.60. The molecule has 1 aliphatic rings. The number of hydrogen-bond acceptors (Lipinski definition) is 7. The van der Waals surface area contributed by atoms with Crippen molar-refractivity contribution >= 4 is 51.9 Å². The van der Waals surface area contributed by atoms with Crippen molar-refractivity contribution in [1.29, 1.82) is 0 Å². The van der Waals surface area contributed by atoms with Gasteiger partial charge in [-0.05, 0) is 24.6 Å². The minimum absolute atomic E-state index is 0.0720. The quantitative estimate of drug-likeness (QED) is 0.332. The first-order valence-corrected chi connectivity index (χ1v) is 8.36. The van der Waals surface area contributed by atoms with Crippen LogP contribution in [0, 0.1) is 10.1 Å². The van der Waals surface area contributed by atoms with Crippen molar-refractivity contribution in [3.05, 3.63) is 38.8 Å². The predicted molar refractivity (Wildman–Crippen MR) is 96.4 cm³/mol. The van der Waals surface area contributed by atoms with Gasteiger partial charge in [0.05, 0.1) is 22.5 Å². The van der Waals surface area contributed by atoms with Gasteiger partial charge in [-0.2, -0.15) is 0 Å². The first kappa shape index (κ1) is 18.9. The Morgan fingerprint density at radius 1 is 1.52 bits per heavy atom. The molecule has 1 aromatic carbocycles. The molecule has 0 atom stereocenters.